The fraction of sp³-hybridized carbons (Fsp3) is 0.500. The first-order valence-corrected chi connectivity index (χ1v) is 6.21. The molecule has 1 aromatic rings. The number of methoxy groups -OCH3 is 1. The van der Waals surface area contributed by atoms with Crippen molar-refractivity contribution in [2.45, 2.75) is 31.9 Å². The molecule has 6 heteroatoms. The molecule has 0 aliphatic carbocycles. The van der Waals surface area contributed by atoms with E-state index in [-0.39, 0.29) is 12.8 Å². The molecule has 0 aliphatic rings. The van der Waals surface area contributed by atoms with Gasteiger partial charge in [-0.3, -0.25) is 4.79 Å². The minimum absolute atomic E-state index is 0.187. The number of hydrogen-bond donors (Lipinski definition) is 1. The predicted molar refractivity (Wildman–Crippen MR) is 67.7 cm³/mol. The summed E-state index contributed by atoms with van der Waals surface area (Å²) in [7, 11) is 1.50. The monoisotopic (exact) mass is 290 g/mol. The first kappa shape index (κ1) is 16.3. The number of carboxylic acid groups (broad SMARTS) is 1. The summed E-state index contributed by atoms with van der Waals surface area (Å²) in [5.41, 5.74) is 0.776. The standard InChI is InChI=1S/C14H17F3O3/c1-20-12-4-2-3-10(8-12)7-11(9-13(18)19)5-6-14(15,16)17/h2-4,8,11H,5-7,9H2,1H3,(H,18,19). The maximum absolute atomic E-state index is 12.2. The maximum Gasteiger partial charge on any atom is 0.389 e. The highest BCUT2D eigenvalue weighted by Crippen LogP contribution is 2.27. The largest absolute Gasteiger partial charge is 0.497 e. The van der Waals surface area contributed by atoms with Crippen molar-refractivity contribution < 1.29 is 27.8 Å². The fourth-order valence-electron chi connectivity index (χ4n) is 2.02. The molecule has 0 amide bonds. The first-order chi connectivity index (χ1) is 9.30. The Hall–Kier alpha value is -1.72. The van der Waals surface area contributed by atoms with Crippen molar-refractivity contribution in [1.82, 2.24) is 0 Å². The molecule has 1 rings (SSSR count). The van der Waals surface area contributed by atoms with E-state index in [0.29, 0.717) is 12.2 Å². The minimum Gasteiger partial charge on any atom is -0.497 e. The zero-order chi connectivity index (χ0) is 15.2. The van der Waals surface area contributed by atoms with Crippen LogP contribution < -0.4 is 4.74 Å². The summed E-state index contributed by atoms with van der Waals surface area (Å²) in [6.07, 6.45) is -5.39. The average Bonchev–Trinajstić information content (AvgIpc) is 2.35. The molecule has 112 valence electrons. The minimum atomic E-state index is -4.26. The first-order valence-electron chi connectivity index (χ1n) is 6.21. The third kappa shape index (κ3) is 6.45. The van der Waals surface area contributed by atoms with Crippen LogP contribution in [0.3, 0.4) is 0 Å². The summed E-state index contributed by atoms with van der Waals surface area (Å²) in [6.45, 7) is 0. The van der Waals surface area contributed by atoms with Gasteiger partial charge >= 0.3 is 12.1 Å². The number of carbonyl (C=O) groups is 1. The van der Waals surface area contributed by atoms with Crippen LogP contribution in [0, 0.1) is 5.92 Å². The third-order valence-electron chi connectivity index (χ3n) is 2.96. The number of aliphatic carboxylic acids is 1. The molecule has 1 N–H and O–H groups in total. The summed E-state index contributed by atoms with van der Waals surface area (Å²) in [6, 6.07) is 6.93. The van der Waals surface area contributed by atoms with Crippen LogP contribution >= 0.6 is 0 Å². The second kappa shape index (κ2) is 7.17. The Morgan fingerprint density at radius 1 is 1.40 bits per heavy atom. The predicted octanol–water partition coefficient (Wildman–Crippen LogP) is 3.67. The number of halogens is 3. The zero-order valence-electron chi connectivity index (χ0n) is 11.1. The van der Waals surface area contributed by atoms with Gasteiger partial charge in [0.05, 0.1) is 7.11 Å². The molecule has 0 saturated heterocycles. The van der Waals surface area contributed by atoms with Gasteiger partial charge in [0.15, 0.2) is 0 Å². The van der Waals surface area contributed by atoms with Gasteiger partial charge in [-0.25, -0.2) is 0 Å². The van der Waals surface area contributed by atoms with Crippen LogP contribution in [0.15, 0.2) is 24.3 Å². The van der Waals surface area contributed by atoms with Crippen LogP contribution in [0.2, 0.25) is 0 Å². The average molecular weight is 290 g/mol. The van der Waals surface area contributed by atoms with E-state index in [9.17, 15) is 18.0 Å². The Labute approximate surface area is 115 Å². The molecule has 1 unspecified atom stereocenters. The van der Waals surface area contributed by atoms with Gasteiger partial charge in [-0.1, -0.05) is 12.1 Å². The lowest BCUT2D eigenvalue weighted by Crippen LogP contribution is -2.15. The quantitative estimate of drug-likeness (QED) is 0.833. The van der Waals surface area contributed by atoms with E-state index in [4.69, 9.17) is 9.84 Å². The molecule has 1 aromatic carbocycles. The number of alkyl halides is 3. The van der Waals surface area contributed by atoms with Crippen molar-refractivity contribution in [2.24, 2.45) is 5.92 Å². The maximum atomic E-state index is 12.2. The van der Waals surface area contributed by atoms with Gasteiger partial charge in [-0.2, -0.15) is 13.2 Å². The Kier molecular flexibility index (Phi) is 5.85. The number of hydrogen-bond acceptors (Lipinski definition) is 2. The van der Waals surface area contributed by atoms with Crippen molar-refractivity contribution in [2.75, 3.05) is 7.11 Å². The highest BCUT2D eigenvalue weighted by molar-refractivity contribution is 5.67. The van der Waals surface area contributed by atoms with E-state index in [1.54, 1.807) is 24.3 Å². The molecular formula is C14H17F3O3. The van der Waals surface area contributed by atoms with Crippen LogP contribution in [0.5, 0.6) is 5.75 Å². The third-order valence-corrected chi connectivity index (χ3v) is 2.96. The lowest BCUT2D eigenvalue weighted by atomic mass is 9.91. The van der Waals surface area contributed by atoms with E-state index in [1.807, 2.05) is 0 Å². The topological polar surface area (TPSA) is 46.5 Å². The lowest BCUT2D eigenvalue weighted by molar-refractivity contribution is -0.143. The van der Waals surface area contributed by atoms with Crippen molar-refractivity contribution >= 4 is 5.97 Å². The Morgan fingerprint density at radius 2 is 2.10 bits per heavy atom. The normalized spacial score (nSPS) is 13.0. The summed E-state index contributed by atoms with van der Waals surface area (Å²) in [5, 5.41) is 8.79. The van der Waals surface area contributed by atoms with Crippen LogP contribution in [-0.4, -0.2) is 24.4 Å². The number of benzene rings is 1. The molecule has 20 heavy (non-hydrogen) atoms. The number of rotatable bonds is 7. The van der Waals surface area contributed by atoms with Crippen LogP contribution in [0.1, 0.15) is 24.8 Å². The molecule has 0 spiro atoms. The van der Waals surface area contributed by atoms with Gasteiger partial charge < -0.3 is 9.84 Å². The van der Waals surface area contributed by atoms with E-state index in [1.165, 1.54) is 7.11 Å². The molecule has 0 radical (unpaired) electrons. The number of carboxylic acids is 1. The second-order valence-electron chi connectivity index (χ2n) is 4.67. The smallest absolute Gasteiger partial charge is 0.389 e. The van der Waals surface area contributed by atoms with Crippen molar-refractivity contribution in [1.29, 1.82) is 0 Å². The summed E-state index contributed by atoms with van der Waals surface area (Å²) >= 11 is 0. The molecular weight excluding hydrogens is 273 g/mol. The molecule has 0 fully saturated rings. The summed E-state index contributed by atoms with van der Waals surface area (Å²) in [5.74, 6) is -1.02. The highest BCUT2D eigenvalue weighted by atomic mass is 19.4. The van der Waals surface area contributed by atoms with Crippen molar-refractivity contribution in [3.8, 4) is 5.75 Å². The van der Waals surface area contributed by atoms with E-state index >= 15 is 0 Å². The van der Waals surface area contributed by atoms with E-state index in [0.717, 1.165) is 5.56 Å². The molecule has 1 atom stereocenters. The Morgan fingerprint density at radius 3 is 2.65 bits per heavy atom. The van der Waals surface area contributed by atoms with Gasteiger partial charge in [0.1, 0.15) is 5.75 Å². The molecule has 0 heterocycles. The Balaban J connectivity index is 2.70. The van der Waals surface area contributed by atoms with Crippen molar-refractivity contribution in [3.05, 3.63) is 29.8 Å². The highest BCUT2D eigenvalue weighted by Gasteiger charge is 2.29. The lowest BCUT2D eigenvalue weighted by Gasteiger charge is -2.16. The van der Waals surface area contributed by atoms with Crippen LogP contribution in [0.25, 0.3) is 0 Å². The zero-order valence-corrected chi connectivity index (χ0v) is 11.1. The van der Waals surface area contributed by atoms with Crippen molar-refractivity contribution in [3.63, 3.8) is 0 Å². The van der Waals surface area contributed by atoms with Gasteiger partial charge in [0.25, 0.3) is 0 Å². The van der Waals surface area contributed by atoms with Gasteiger partial charge in [-0.15, -0.1) is 0 Å². The molecule has 0 saturated carbocycles. The van der Waals surface area contributed by atoms with E-state index < -0.39 is 24.5 Å². The SMILES string of the molecule is COc1cccc(CC(CCC(F)(F)F)CC(=O)O)c1. The summed E-state index contributed by atoms with van der Waals surface area (Å²) < 4.78 is 41.8. The number of ether oxygens (including phenoxy) is 1. The van der Waals surface area contributed by atoms with Gasteiger partial charge in [-0.05, 0) is 36.5 Å². The molecule has 0 aliphatic heterocycles. The van der Waals surface area contributed by atoms with Crippen LogP contribution in [-0.2, 0) is 11.2 Å². The van der Waals surface area contributed by atoms with Gasteiger partial charge in [0, 0.05) is 12.8 Å². The molecule has 3 nitrogen and oxygen atoms in total. The van der Waals surface area contributed by atoms with Crippen LogP contribution in [0.4, 0.5) is 13.2 Å². The molecule has 0 aromatic heterocycles. The summed E-state index contributed by atoms with van der Waals surface area (Å²) in [4.78, 5) is 10.7. The second-order valence-corrected chi connectivity index (χ2v) is 4.67. The molecule has 0 bridgehead atoms. The fourth-order valence-corrected chi connectivity index (χ4v) is 2.02. The van der Waals surface area contributed by atoms with E-state index in [2.05, 4.69) is 0 Å². The van der Waals surface area contributed by atoms with Gasteiger partial charge in [0.2, 0.25) is 0 Å². The Bertz CT molecular complexity index is 444.